The highest BCUT2D eigenvalue weighted by Gasteiger charge is 2.25. The smallest absolute Gasteiger partial charge is 0.253 e. The summed E-state index contributed by atoms with van der Waals surface area (Å²) in [7, 11) is 1.91. The predicted octanol–water partition coefficient (Wildman–Crippen LogP) is 3.71. The second-order valence-electron chi connectivity index (χ2n) is 8.28. The molecule has 0 aliphatic heterocycles. The summed E-state index contributed by atoms with van der Waals surface area (Å²) in [6, 6.07) is 11.2. The van der Waals surface area contributed by atoms with Crippen molar-refractivity contribution in [2.75, 3.05) is 7.05 Å². The molecule has 31 heavy (non-hydrogen) atoms. The van der Waals surface area contributed by atoms with Crippen molar-refractivity contribution in [3.8, 4) is 0 Å². The highest BCUT2D eigenvalue weighted by Crippen LogP contribution is 2.24. The number of nitrogens with one attached hydrogen (secondary N) is 1. The number of imidazole rings is 1. The first-order chi connectivity index (χ1) is 15.0. The van der Waals surface area contributed by atoms with Gasteiger partial charge in [-0.3, -0.25) is 14.6 Å². The number of rotatable bonds is 6. The Bertz CT molecular complexity index is 1060. The van der Waals surface area contributed by atoms with Crippen LogP contribution >= 0.6 is 0 Å². The topological polar surface area (TPSA) is 80.1 Å². The summed E-state index contributed by atoms with van der Waals surface area (Å²) in [4.78, 5) is 36.4. The summed E-state index contributed by atoms with van der Waals surface area (Å²) in [5.41, 5.74) is 2.20. The van der Waals surface area contributed by atoms with Gasteiger partial charge in [-0.05, 0) is 44.0 Å². The molecule has 162 valence electrons. The molecule has 7 heteroatoms. The van der Waals surface area contributed by atoms with Crippen molar-refractivity contribution >= 4 is 22.8 Å². The molecule has 3 aromatic rings. The van der Waals surface area contributed by atoms with Gasteiger partial charge < -0.3 is 14.8 Å². The minimum Gasteiger partial charge on any atom is -0.342 e. The second-order valence-corrected chi connectivity index (χ2v) is 8.28. The Morgan fingerprint density at radius 2 is 1.94 bits per heavy atom. The van der Waals surface area contributed by atoms with Gasteiger partial charge in [0.2, 0.25) is 5.91 Å². The number of hydrogen-bond donors (Lipinski definition) is 1. The fourth-order valence-electron chi connectivity index (χ4n) is 4.35. The third-order valence-corrected chi connectivity index (χ3v) is 6.15. The zero-order valence-electron chi connectivity index (χ0n) is 18.1. The number of pyridine rings is 1. The first-order valence-corrected chi connectivity index (χ1v) is 11.0. The van der Waals surface area contributed by atoms with Crippen molar-refractivity contribution in [3.05, 3.63) is 60.2 Å². The fourth-order valence-corrected chi connectivity index (χ4v) is 4.35. The van der Waals surface area contributed by atoms with Crippen LogP contribution in [0.5, 0.6) is 0 Å². The van der Waals surface area contributed by atoms with E-state index in [-0.39, 0.29) is 24.4 Å². The molecule has 0 radical (unpaired) electrons. The maximum atomic E-state index is 13.2. The Labute approximate surface area is 182 Å². The lowest BCUT2D eigenvalue weighted by Crippen LogP contribution is -2.40. The average molecular weight is 420 g/mol. The van der Waals surface area contributed by atoms with Crippen LogP contribution in [0.2, 0.25) is 0 Å². The molecule has 1 atom stereocenters. The van der Waals surface area contributed by atoms with Crippen LogP contribution in [0.1, 0.15) is 61.3 Å². The van der Waals surface area contributed by atoms with Gasteiger partial charge in [0.05, 0.1) is 22.6 Å². The van der Waals surface area contributed by atoms with Crippen LogP contribution in [0, 0.1) is 0 Å². The summed E-state index contributed by atoms with van der Waals surface area (Å²) in [6.45, 7) is 2.09. The van der Waals surface area contributed by atoms with E-state index in [1.165, 1.54) is 25.5 Å². The van der Waals surface area contributed by atoms with E-state index < -0.39 is 0 Å². The molecule has 7 nitrogen and oxygen atoms in total. The maximum Gasteiger partial charge on any atom is 0.253 e. The third kappa shape index (κ3) is 4.60. The molecule has 1 aromatic carbocycles. The summed E-state index contributed by atoms with van der Waals surface area (Å²) in [5, 5.41) is 2.99. The number of para-hydroxylation sites is 2. The highest BCUT2D eigenvalue weighted by atomic mass is 16.2. The van der Waals surface area contributed by atoms with Crippen molar-refractivity contribution in [2.24, 2.45) is 0 Å². The molecule has 0 saturated heterocycles. The number of amides is 2. The van der Waals surface area contributed by atoms with E-state index in [0.717, 1.165) is 23.9 Å². The first-order valence-electron chi connectivity index (χ1n) is 11.0. The SMILES string of the molecule is CC(NC(=O)c1cccnc1)c1nc2ccccc2n1CC(=O)N(C)C1CCCCC1. The zero-order valence-corrected chi connectivity index (χ0v) is 18.1. The van der Waals surface area contributed by atoms with Crippen LogP contribution < -0.4 is 5.32 Å². The molecule has 1 fully saturated rings. The lowest BCUT2D eigenvalue weighted by atomic mass is 9.94. The molecule has 1 aliphatic carbocycles. The van der Waals surface area contributed by atoms with Crippen molar-refractivity contribution in [1.82, 2.24) is 24.8 Å². The maximum absolute atomic E-state index is 13.2. The number of likely N-dealkylation sites (N-methyl/N-ethyl adjacent to an activating group) is 1. The van der Waals surface area contributed by atoms with E-state index in [1.54, 1.807) is 18.3 Å². The van der Waals surface area contributed by atoms with Crippen LogP contribution in [-0.2, 0) is 11.3 Å². The minimum atomic E-state index is -0.368. The van der Waals surface area contributed by atoms with E-state index in [2.05, 4.69) is 10.3 Å². The van der Waals surface area contributed by atoms with Crippen LogP contribution in [-0.4, -0.2) is 44.3 Å². The van der Waals surface area contributed by atoms with E-state index in [1.807, 2.05) is 47.7 Å². The van der Waals surface area contributed by atoms with Crippen molar-refractivity contribution in [2.45, 2.75) is 57.7 Å². The lowest BCUT2D eigenvalue weighted by molar-refractivity contribution is -0.133. The Balaban J connectivity index is 1.58. The van der Waals surface area contributed by atoms with Crippen LogP contribution in [0.3, 0.4) is 0 Å². The van der Waals surface area contributed by atoms with Gasteiger partial charge in [0.1, 0.15) is 12.4 Å². The predicted molar refractivity (Wildman–Crippen MR) is 119 cm³/mol. The second kappa shape index (κ2) is 9.29. The van der Waals surface area contributed by atoms with E-state index >= 15 is 0 Å². The van der Waals surface area contributed by atoms with Gasteiger partial charge in [-0.15, -0.1) is 0 Å². The van der Waals surface area contributed by atoms with Gasteiger partial charge in [0.25, 0.3) is 5.91 Å². The summed E-state index contributed by atoms with van der Waals surface area (Å²) < 4.78 is 1.94. The Kier molecular flexibility index (Phi) is 6.30. The largest absolute Gasteiger partial charge is 0.342 e. The van der Waals surface area contributed by atoms with E-state index in [0.29, 0.717) is 17.4 Å². The van der Waals surface area contributed by atoms with E-state index in [4.69, 9.17) is 4.98 Å². The monoisotopic (exact) mass is 419 g/mol. The van der Waals surface area contributed by atoms with Crippen LogP contribution in [0.4, 0.5) is 0 Å². The minimum absolute atomic E-state index is 0.0714. The quantitative estimate of drug-likeness (QED) is 0.660. The zero-order chi connectivity index (χ0) is 21.8. The number of fused-ring (bicyclic) bond motifs is 1. The molecule has 0 bridgehead atoms. The van der Waals surface area contributed by atoms with Gasteiger partial charge in [-0.1, -0.05) is 31.4 Å². The Morgan fingerprint density at radius 1 is 1.16 bits per heavy atom. The molecule has 4 rings (SSSR count). The number of carbonyl (C=O) groups is 2. The summed E-state index contributed by atoms with van der Waals surface area (Å²) in [6.07, 6.45) is 8.91. The normalized spacial score (nSPS) is 15.5. The first kappa shape index (κ1) is 21.0. The molecule has 1 saturated carbocycles. The molecule has 2 amide bonds. The average Bonchev–Trinajstić information content (AvgIpc) is 3.18. The number of benzene rings is 1. The number of carbonyl (C=O) groups excluding carboxylic acids is 2. The van der Waals surface area contributed by atoms with Gasteiger partial charge in [-0.2, -0.15) is 0 Å². The lowest BCUT2D eigenvalue weighted by Gasteiger charge is -2.31. The van der Waals surface area contributed by atoms with Crippen molar-refractivity contribution in [3.63, 3.8) is 0 Å². The molecule has 1 aliphatic rings. The van der Waals surface area contributed by atoms with Gasteiger partial charge >= 0.3 is 0 Å². The molecular formula is C24H29N5O2. The van der Waals surface area contributed by atoms with Gasteiger partial charge in [0.15, 0.2) is 0 Å². The highest BCUT2D eigenvalue weighted by molar-refractivity contribution is 5.94. The van der Waals surface area contributed by atoms with Crippen molar-refractivity contribution < 1.29 is 9.59 Å². The van der Waals surface area contributed by atoms with Crippen molar-refractivity contribution in [1.29, 1.82) is 0 Å². The summed E-state index contributed by atoms with van der Waals surface area (Å²) >= 11 is 0. The van der Waals surface area contributed by atoms with E-state index in [9.17, 15) is 9.59 Å². The van der Waals surface area contributed by atoms with Gasteiger partial charge in [-0.25, -0.2) is 4.98 Å². The summed E-state index contributed by atoms with van der Waals surface area (Å²) in [5.74, 6) is 0.524. The third-order valence-electron chi connectivity index (χ3n) is 6.15. The number of hydrogen-bond acceptors (Lipinski definition) is 4. The molecule has 2 aromatic heterocycles. The Morgan fingerprint density at radius 3 is 2.68 bits per heavy atom. The molecular weight excluding hydrogens is 390 g/mol. The van der Waals surface area contributed by atoms with Crippen LogP contribution in [0.15, 0.2) is 48.8 Å². The molecule has 0 spiro atoms. The van der Waals surface area contributed by atoms with Crippen LogP contribution in [0.25, 0.3) is 11.0 Å². The molecule has 1 N–H and O–H groups in total. The molecule has 1 unspecified atom stereocenters. The molecule has 2 heterocycles. The number of nitrogens with zero attached hydrogens (tertiary/aromatic N) is 4. The number of aromatic nitrogens is 3. The Hall–Kier alpha value is -3.22. The van der Waals surface area contributed by atoms with Gasteiger partial charge in [0, 0.05) is 25.5 Å². The standard InChI is InChI=1S/C24H29N5O2/c1-17(26-24(31)18-9-8-14-25-15-18)23-27-20-12-6-7-13-21(20)29(23)16-22(30)28(2)19-10-4-3-5-11-19/h6-9,12-15,17,19H,3-5,10-11,16H2,1-2H3,(H,26,31). The fraction of sp³-hybridized carbons (Fsp3) is 0.417.